The number of nitrogens with zero attached hydrogens (tertiary/aromatic N) is 2. The van der Waals surface area contributed by atoms with E-state index in [9.17, 15) is 22.8 Å². The van der Waals surface area contributed by atoms with Crippen LogP contribution in [0.3, 0.4) is 0 Å². The molecule has 8 heteroatoms. The summed E-state index contributed by atoms with van der Waals surface area (Å²) in [6.07, 6.45) is -1.78. The Bertz CT molecular complexity index is 687. The highest BCUT2D eigenvalue weighted by Gasteiger charge is 2.42. The van der Waals surface area contributed by atoms with E-state index in [0.29, 0.717) is 13.1 Å². The zero-order valence-corrected chi connectivity index (χ0v) is 14.2. The third-order valence-electron chi connectivity index (χ3n) is 4.70. The van der Waals surface area contributed by atoms with Gasteiger partial charge in [0.05, 0.1) is 17.2 Å². The second kappa shape index (κ2) is 6.86. The van der Waals surface area contributed by atoms with Gasteiger partial charge in [-0.25, -0.2) is 0 Å². The summed E-state index contributed by atoms with van der Waals surface area (Å²) in [4.78, 5) is 27.6. The van der Waals surface area contributed by atoms with E-state index in [1.165, 1.54) is 12.1 Å². The summed E-state index contributed by atoms with van der Waals surface area (Å²) >= 11 is 5.68. The zero-order valence-electron chi connectivity index (χ0n) is 13.5. The molecule has 1 aromatic carbocycles. The van der Waals surface area contributed by atoms with E-state index in [1.54, 1.807) is 4.90 Å². The molecule has 2 heterocycles. The van der Waals surface area contributed by atoms with E-state index in [4.69, 9.17) is 11.6 Å². The van der Waals surface area contributed by atoms with Crippen molar-refractivity contribution in [3.05, 3.63) is 28.8 Å². The van der Waals surface area contributed by atoms with Crippen LogP contribution in [-0.4, -0.2) is 36.3 Å². The van der Waals surface area contributed by atoms with Crippen LogP contribution < -0.4 is 4.90 Å². The standard InChI is InChI=1S/C17H18ClF3N2O2/c18-12-4-5-14(13(9-12)17(19,20)21)23-10-11(8-15(23)24)16(25)22-6-2-1-3-7-22/h4-5,9,11H,1-3,6-8,10H2. The first-order valence-electron chi connectivity index (χ1n) is 8.23. The van der Waals surface area contributed by atoms with Gasteiger partial charge in [0, 0.05) is 31.1 Å². The number of halogens is 4. The van der Waals surface area contributed by atoms with Crippen LogP contribution in [0.25, 0.3) is 0 Å². The van der Waals surface area contributed by atoms with E-state index in [2.05, 4.69) is 0 Å². The van der Waals surface area contributed by atoms with Gasteiger partial charge < -0.3 is 9.80 Å². The molecule has 136 valence electrons. The Morgan fingerprint density at radius 3 is 2.48 bits per heavy atom. The number of rotatable bonds is 2. The average Bonchev–Trinajstić information content (AvgIpc) is 2.96. The van der Waals surface area contributed by atoms with Crippen molar-refractivity contribution in [3.8, 4) is 0 Å². The second-order valence-electron chi connectivity index (χ2n) is 6.45. The fourth-order valence-corrected chi connectivity index (χ4v) is 3.62. The van der Waals surface area contributed by atoms with Gasteiger partial charge in [0.2, 0.25) is 11.8 Å². The summed E-state index contributed by atoms with van der Waals surface area (Å²) < 4.78 is 39.9. The Balaban J connectivity index is 1.83. The smallest absolute Gasteiger partial charge is 0.342 e. The first kappa shape index (κ1) is 18.0. The van der Waals surface area contributed by atoms with Gasteiger partial charge in [0.25, 0.3) is 0 Å². The highest BCUT2D eigenvalue weighted by molar-refractivity contribution is 6.30. The summed E-state index contributed by atoms with van der Waals surface area (Å²) in [6, 6.07) is 3.32. The van der Waals surface area contributed by atoms with Crippen molar-refractivity contribution in [1.82, 2.24) is 4.90 Å². The number of anilines is 1. The van der Waals surface area contributed by atoms with Crippen molar-refractivity contribution < 1.29 is 22.8 Å². The van der Waals surface area contributed by atoms with Crippen LogP contribution in [0.15, 0.2) is 18.2 Å². The fourth-order valence-electron chi connectivity index (χ4n) is 3.45. The molecule has 2 fully saturated rings. The van der Waals surface area contributed by atoms with Crippen molar-refractivity contribution >= 4 is 29.1 Å². The molecule has 0 aromatic heterocycles. The van der Waals surface area contributed by atoms with Crippen LogP contribution in [0.2, 0.25) is 5.02 Å². The highest BCUT2D eigenvalue weighted by atomic mass is 35.5. The minimum absolute atomic E-state index is 0.0289. The van der Waals surface area contributed by atoms with E-state index >= 15 is 0 Å². The molecule has 0 radical (unpaired) electrons. The lowest BCUT2D eigenvalue weighted by molar-refractivity contribution is -0.137. The van der Waals surface area contributed by atoms with Crippen LogP contribution in [0.5, 0.6) is 0 Å². The minimum atomic E-state index is -4.63. The molecule has 0 spiro atoms. The average molecular weight is 375 g/mol. The number of amides is 2. The molecule has 2 aliphatic heterocycles. The molecule has 2 aliphatic rings. The van der Waals surface area contributed by atoms with Gasteiger partial charge in [-0.3, -0.25) is 9.59 Å². The van der Waals surface area contributed by atoms with Gasteiger partial charge in [0.15, 0.2) is 0 Å². The molecule has 3 rings (SSSR count). The van der Waals surface area contributed by atoms with Gasteiger partial charge in [-0.1, -0.05) is 11.6 Å². The number of alkyl halides is 3. The summed E-state index contributed by atoms with van der Waals surface area (Å²) in [5, 5.41) is -0.0522. The zero-order chi connectivity index (χ0) is 18.2. The molecule has 0 N–H and O–H groups in total. The number of hydrogen-bond donors (Lipinski definition) is 0. The number of carbonyl (C=O) groups excluding carboxylic acids is 2. The normalized spacial score (nSPS) is 21.8. The first-order valence-corrected chi connectivity index (χ1v) is 8.61. The lowest BCUT2D eigenvalue weighted by Gasteiger charge is -2.29. The number of carbonyl (C=O) groups is 2. The molecule has 0 bridgehead atoms. The lowest BCUT2D eigenvalue weighted by Crippen LogP contribution is -2.40. The largest absolute Gasteiger partial charge is 0.418 e. The van der Waals surface area contributed by atoms with Crippen LogP contribution in [0.4, 0.5) is 18.9 Å². The third-order valence-corrected chi connectivity index (χ3v) is 4.93. The monoisotopic (exact) mass is 374 g/mol. The molecule has 1 aromatic rings. The Kier molecular flexibility index (Phi) is 4.95. The Morgan fingerprint density at radius 1 is 1.16 bits per heavy atom. The van der Waals surface area contributed by atoms with Gasteiger partial charge in [-0.05, 0) is 37.5 Å². The van der Waals surface area contributed by atoms with Crippen molar-refractivity contribution in [2.45, 2.75) is 31.9 Å². The van der Waals surface area contributed by atoms with E-state index < -0.39 is 23.6 Å². The maximum absolute atomic E-state index is 13.3. The maximum Gasteiger partial charge on any atom is 0.418 e. The summed E-state index contributed by atoms with van der Waals surface area (Å²) in [5.74, 6) is -1.20. The molecule has 0 aliphatic carbocycles. The van der Waals surface area contributed by atoms with Crippen molar-refractivity contribution in [2.24, 2.45) is 5.92 Å². The molecule has 1 unspecified atom stereocenters. The van der Waals surface area contributed by atoms with Gasteiger partial charge >= 0.3 is 6.18 Å². The van der Waals surface area contributed by atoms with Crippen LogP contribution >= 0.6 is 11.6 Å². The van der Waals surface area contributed by atoms with Crippen LogP contribution in [0.1, 0.15) is 31.2 Å². The number of likely N-dealkylation sites (tertiary alicyclic amines) is 1. The molecule has 1 atom stereocenters. The van der Waals surface area contributed by atoms with Gasteiger partial charge in [-0.15, -0.1) is 0 Å². The Morgan fingerprint density at radius 2 is 1.84 bits per heavy atom. The molecular weight excluding hydrogens is 357 g/mol. The molecule has 2 saturated heterocycles. The van der Waals surface area contributed by atoms with Crippen LogP contribution in [0, 0.1) is 5.92 Å². The summed E-state index contributed by atoms with van der Waals surface area (Å²) in [5.41, 5.74) is -1.20. The summed E-state index contributed by atoms with van der Waals surface area (Å²) in [7, 11) is 0. The molecule has 2 amide bonds. The fraction of sp³-hybridized carbons (Fsp3) is 0.529. The second-order valence-corrected chi connectivity index (χ2v) is 6.89. The molecule has 0 saturated carbocycles. The SMILES string of the molecule is O=C(C1CC(=O)N(c2ccc(Cl)cc2C(F)(F)F)C1)N1CCCCC1. The van der Waals surface area contributed by atoms with Gasteiger partial charge in [0.1, 0.15) is 0 Å². The van der Waals surface area contributed by atoms with Gasteiger partial charge in [-0.2, -0.15) is 13.2 Å². The maximum atomic E-state index is 13.3. The molecule has 25 heavy (non-hydrogen) atoms. The number of hydrogen-bond acceptors (Lipinski definition) is 2. The predicted molar refractivity (Wildman–Crippen MR) is 87.3 cm³/mol. The van der Waals surface area contributed by atoms with E-state index in [1.807, 2.05) is 0 Å². The number of piperidine rings is 1. The Labute approximate surface area is 148 Å². The predicted octanol–water partition coefficient (Wildman–Crippen LogP) is 3.72. The lowest BCUT2D eigenvalue weighted by atomic mass is 10.0. The topological polar surface area (TPSA) is 40.6 Å². The first-order chi connectivity index (χ1) is 11.8. The van der Waals surface area contributed by atoms with Crippen molar-refractivity contribution in [1.29, 1.82) is 0 Å². The Hall–Kier alpha value is -1.76. The summed E-state index contributed by atoms with van der Waals surface area (Å²) in [6.45, 7) is 1.27. The highest BCUT2D eigenvalue weighted by Crippen LogP contribution is 2.40. The minimum Gasteiger partial charge on any atom is -0.342 e. The van der Waals surface area contributed by atoms with Crippen molar-refractivity contribution in [3.63, 3.8) is 0 Å². The molecule has 4 nitrogen and oxygen atoms in total. The number of benzene rings is 1. The van der Waals surface area contributed by atoms with E-state index in [0.717, 1.165) is 30.2 Å². The van der Waals surface area contributed by atoms with Crippen molar-refractivity contribution in [2.75, 3.05) is 24.5 Å². The third kappa shape index (κ3) is 3.76. The quantitative estimate of drug-likeness (QED) is 0.791. The molecular formula is C17H18ClF3N2O2. The van der Waals surface area contributed by atoms with Crippen LogP contribution in [-0.2, 0) is 15.8 Å². The van der Waals surface area contributed by atoms with E-state index in [-0.39, 0.29) is 29.6 Å².